The largest absolute Gasteiger partial charge is 0.492 e. The molecule has 2 amide bonds. The van der Waals surface area contributed by atoms with E-state index in [1.165, 1.54) is 41.3 Å². The van der Waals surface area contributed by atoms with E-state index in [2.05, 4.69) is 0 Å². The van der Waals surface area contributed by atoms with E-state index >= 15 is 0 Å². The highest BCUT2D eigenvalue weighted by molar-refractivity contribution is 5.94. The molecule has 2 aromatic carbocycles. The fourth-order valence-electron chi connectivity index (χ4n) is 3.32. The van der Waals surface area contributed by atoms with Crippen molar-refractivity contribution in [2.24, 2.45) is 5.73 Å². The smallest absolute Gasteiger partial charge is 0.416 e. The number of nitrogens with two attached hydrogens (primary N) is 1. The van der Waals surface area contributed by atoms with E-state index in [0.29, 0.717) is 5.75 Å². The van der Waals surface area contributed by atoms with Gasteiger partial charge < -0.3 is 20.3 Å². The Balaban J connectivity index is 1.47. The molecule has 10 heteroatoms. The summed E-state index contributed by atoms with van der Waals surface area (Å²) in [6.07, 6.45) is -4.50. The third-order valence-electron chi connectivity index (χ3n) is 5.07. The third kappa shape index (κ3) is 6.19. The summed E-state index contributed by atoms with van der Waals surface area (Å²) in [5.41, 5.74) is 5.03. The summed E-state index contributed by atoms with van der Waals surface area (Å²) >= 11 is 0. The summed E-state index contributed by atoms with van der Waals surface area (Å²) in [6.45, 7) is 1.01. The maximum absolute atomic E-state index is 12.9. The lowest BCUT2D eigenvalue weighted by atomic mass is 10.1. The number of amides is 2. The highest BCUT2D eigenvalue weighted by Gasteiger charge is 2.32. The average molecular weight is 453 g/mol. The summed E-state index contributed by atoms with van der Waals surface area (Å²) in [7, 11) is 0. The number of nitrogens with zero attached hydrogens (tertiary/aromatic N) is 2. The van der Waals surface area contributed by atoms with Gasteiger partial charge in [0, 0.05) is 44.2 Å². The Morgan fingerprint density at radius 3 is 2.25 bits per heavy atom. The normalized spacial score (nSPS) is 15.4. The fourth-order valence-corrected chi connectivity index (χ4v) is 3.32. The number of carbonyl (C=O) groups excluding carboxylic acids is 2. The van der Waals surface area contributed by atoms with Crippen molar-refractivity contribution in [3.8, 4) is 5.75 Å². The van der Waals surface area contributed by atoms with Gasteiger partial charge in [-0.05, 0) is 42.5 Å². The summed E-state index contributed by atoms with van der Waals surface area (Å²) < 4.78 is 57.0. The molecule has 0 aliphatic carbocycles. The molecule has 0 spiro atoms. The summed E-state index contributed by atoms with van der Waals surface area (Å²) in [5, 5.41) is 0. The van der Waals surface area contributed by atoms with Crippen LogP contribution in [-0.4, -0.2) is 60.4 Å². The van der Waals surface area contributed by atoms with Gasteiger partial charge in [-0.3, -0.25) is 9.59 Å². The van der Waals surface area contributed by atoms with Crippen LogP contribution in [0.5, 0.6) is 5.75 Å². The van der Waals surface area contributed by atoms with Gasteiger partial charge in [0.1, 0.15) is 18.2 Å². The molecular weight excluding hydrogens is 430 g/mol. The summed E-state index contributed by atoms with van der Waals surface area (Å²) in [6, 6.07) is 9.15. The molecule has 1 aliphatic heterocycles. The predicted octanol–water partition coefficient (Wildman–Crippen LogP) is 2.93. The van der Waals surface area contributed by atoms with Crippen molar-refractivity contribution >= 4 is 11.8 Å². The van der Waals surface area contributed by atoms with E-state index in [9.17, 15) is 27.2 Å². The van der Waals surface area contributed by atoms with Crippen molar-refractivity contribution in [1.29, 1.82) is 0 Å². The van der Waals surface area contributed by atoms with Crippen molar-refractivity contribution in [2.45, 2.75) is 18.6 Å². The first-order valence-electron chi connectivity index (χ1n) is 10.0. The van der Waals surface area contributed by atoms with Crippen LogP contribution in [0, 0.1) is 5.82 Å². The molecule has 0 radical (unpaired) electrons. The molecule has 172 valence electrons. The molecule has 3 rings (SSSR count). The number of rotatable bonds is 6. The molecule has 1 saturated heterocycles. The van der Waals surface area contributed by atoms with Crippen molar-refractivity contribution < 1.29 is 31.9 Å². The zero-order chi connectivity index (χ0) is 23.3. The maximum Gasteiger partial charge on any atom is 0.416 e. The Hall–Kier alpha value is -3.14. The topological polar surface area (TPSA) is 75.9 Å². The SMILES string of the molecule is N[C@H](COc1ccc(F)cc1)CC(=O)N1CCN(C(=O)c2cccc(C(F)(F)F)c2)CC1. The Labute approximate surface area is 182 Å². The zero-order valence-corrected chi connectivity index (χ0v) is 17.1. The molecule has 0 aromatic heterocycles. The molecule has 1 atom stereocenters. The molecule has 0 unspecified atom stereocenters. The fraction of sp³-hybridized carbons (Fsp3) is 0.364. The molecule has 2 N–H and O–H groups in total. The summed E-state index contributed by atoms with van der Waals surface area (Å²) in [4.78, 5) is 28.0. The first-order chi connectivity index (χ1) is 15.1. The number of benzene rings is 2. The van der Waals surface area contributed by atoms with Crippen LogP contribution in [0.15, 0.2) is 48.5 Å². The van der Waals surface area contributed by atoms with Gasteiger partial charge in [0.15, 0.2) is 0 Å². The van der Waals surface area contributed by atoms with Gasteiger partial charge in [-0.2, -0.15) is 13.2 Å². The van der Waals surface area contributed by atoms with Crippen LogP contribution in [0.4, 0.5) is 17.6 Å². The minimum absolute atomic E-state index is 0.0305. The number of halogens is 4. The van der Waals surface area contributed by atoms with E-state index in [1.54, 1.807) is 4.90 Å². The molecule has 6 nitrogen and oxygen atoms in total. The van der Waals surface area contributed by atoms with Crippen molar-refractivity contribution in [3.05, 3.63) is 65.5 Å². The molecular formula is C22H23F4N3O3. The number of hydrogen-bond donors (Lipinski definition) is 1. The second-order valence-corrected chi connectivity index (χ2v) is 7.48. The Kier molecular flexibility index (Phi) is 7.34. The highest BCUT2D eigenvalue weighted by Crippen LogP contribution is 2.29. The Bertz CT molecular complexity index is 942. The van der Waals surface area contributed by atoms with E-state index < -0.39 is 23.7 Å². The molecule has 1 heterocycles. The second-order valence-electron chi connectivity index (χ2n) is 7.48. The van der Waals surface area contributed by atoms with E-state index in [-0.39, 0.29) is 56.5 Å². The Morgan fingerprint density at radius 1 is 1.00 bits per heavy atom. The first-order valence-corrected chi connectivity index (χ1v) is 10.0. The van der Waals surface area contributed by atoms with Gasteiger partial charge in [-0.1, -0.05) is 6.07 Å². The average Bonchev–Trinajstić information content (AvgIpc) is 2.78. The molecule has 2 aromatic rings. The van der Waals surface area contributed by atoms with Gasteiger partial charge in [0.2, 0.25) is 5.91 Å². The van der Waals surface area contributed by atoms with Crippen molar-refractivity contribution in [3.63, 3.8) is 0 Å². The van der Waals surface area contributed by atoms with E-state index in [4.69, 9.17) is 10.5 Å². The van der Waals surface area contributed by atoms with Gasteiger partial charge in [0.25, 0.3) is 5.91 Å². The molecule has 0 saturated carbocycles. The van der Waals surface area contributed by atoms with Gasteiger partial charge in [-0.25, -0.2) is 4.39 Å². The lowest BCUT2D eigenvalue weighted by Gasteiger charge is -2.35. The molecule has 1 fully saturated rings. The van der Waals surface area contributed by atoms with Crippen molar-refractivity contribution in [1.82, 2.24) is 9.80 Å². The lowest BCUT2D eigenvalue weighted by molar-refractivity contribution is -0.137. The van der Waals surface area contributed by atoms with Crippen LogP contribution in [0.1, 0.15) is 22.3 Å². The summed E-state index contributed by atoms with van der Waals surface area (Å²) in [5.74, 6) is -0.655. The number of hydrogen-bond acceptors (Lipinski definition) is 4. The van der Waals surface area contributed by atoms with Crippen LogP contribution in [0.3, 0.4) is 0 Å². The Morgan fingerprint density at radius 2 is 1.62 bits per heavy atom. The van der Waals surface area contributed by atoms with E-state index in [0.717, 1.165) is 12.1 Å². The van der Waals surface area contributed by atoms with Crippen molar-refractivity contribution in [2.75, 3.05) is 32.8 Å². The first kappa shape index (κ1) is 23.5. The van der Waals surface area contributed by atoms with Crippen LogP contribution in [0.25, 0.3) is 0 Å². The van der Waals surface area contributed by atoms with Crippen LogP contribution in [-0.2, 0) is 11.0 Å². The highest BCUT2D eigenvalue weighted by atomic mass is 19.4. The molecule has 32 heavy (non-hydrogen) atoms. The maximum atomic E-state index is 12.9. The van der Waals surface area contributed by atoms with Gasteiger partial charge in [0.05, 0.1) is 5.56 Å². The van der Waals surface area contributed by atoms with Gasteiger partial charge in [-0.15, -0.1) is 0 Å². The second kappa shape index (κ2) is 9.99. The number of piperazine rings is 1. The zero-order valence-electron chi connectivity index (χ0n) is 17.1. The van der Waals surface area contributed by atoms with Crippen LogP contribution >= 0.6 is 0 Å². The quantitative estimate of drug-likeness (QED) is 0.683. The molecule has 1 aliphatic rings. The third-order valence-corrected chi connectivity index (χ3v) is 5.07. The number of carbonyl (C=O) groups is 2. The minimum Gasteiger partial charge on any atom is -0.492 e. The van der Waals surface area contributed by atoms with Gasteiger partial charge >= 0.3 is 6.18 Å². The minimum atomic E-state index is -4.53. The van der Waals surface area contributed by atoms with E-state index in [1.807, 2.05) is 0 Å². The number of alkyl halides is 3. The predicted molar refractivity (Wildman–Crippen MR) is 108 cm³/mol. The monoisotopic (exact) mass is 453 g/mol. The number of ether oxygens (including phenoxy) is 1. The van der Waals surface area contributed by atoms with Crippen LogP contribution in [0.2, 0.25) is 0 Å². The van der Waals surface area contributed by atoms with Crippen LogP contribution < -0.4 is 10.5 Å². The standard InChI is InChI=1S/C22H23F4N3O3/c23-17-4-6-19(7-5-17)32-14-18(27)13-20(30)28-8-10-29(11-9-28)21(31)15-2-1-3-16(12-15)22(24,25)26/h1-7,12,18H,8-11,13-14,27H2/t18-/m0/s1. The molecule has 0 bridgehead atoms. The lowest BCUT2D eigenvalue weighted by Crippen LogP contribution is -2.51.